The second kappa shape index (κ2) is 12.6. The summed E-state index contributed by atoms with van der Waals surface area (Å²) in [5.74, 6) is -0.00227. The molecule has 2 bridgehead atoms. The molecule has 1 amide bonds. The number of carbonyl (C=O) groups is 2. The van der Waals surface area contributed by atoms with Gasteiger partial charge in [-0.05, 0) is 96.7 Å². The van der Waals surface area contributed by atoms with Crippen molar-refractivity contribution in [1.29, 1.82) is 0 Å². The van der Waals surface area contributed by atoms with Gasteiger partial charge in [0.25, 0.3) is 5.91 Å². The van der Waals surface area contributed by atoms with Crippen LogP contribution in [0.2, 0.25) is 0 Å². The van der Waals surface area contributed by atoms with E-state index in [1.165, 1.54) is 11.9 Å². The molecule has 0 radical (unpaired) electrons. The molecule has 0 aromatic carbocycles. The molecule has 1 aromatic rings. The molecule has 1 aromatic heterocycles. The number of ether oxygens (including phenoxy) is 3. The number of aromatic nitrogens is 3. The average Bonchev–Trinajstić information content (AvgIpc) is 3.57. The summed E-state index contributed by atoms with van der Waals surface area (Å²) in [6.07, 6.45) is 10.3. The van der Waals surface area contributed by atoms with Crippen LogP contribution in [0.1, 0.15) is 116 Å². The van der Waals surface area contributed by atoms with E-state index >= 15 is 0 Å². The standard InChI is InChI=1S/C40H63N5O6/c1-24(2)25(3)36(5)13-14-37(6)26-9-10-29-35(4)19-28(45-32(33(46)42-8)43-23-44-45)31(51-21-39(41)15-17-49-18-16-39)40(29,22-50-20-35)27(26)11-12-38(37,7)30(36)34(47)48/h11,23-26,28-31H,9-10,12-22,41H2,1-8H3,(H,42,46)(H,47,48)/t25-,26+,28-,29-,30-,31+,35-,36-,37-,38+,40+/m1/s1. The van der Waals surface area contributed by atoms with Crippen molar-refractivity contribution in [1.82, 2.24) is 20.1 Å². The van der Waals surface area contributed by atoms with Gasteiger partial charge in [0.15, 0.2) is 0 Å². The third-order valence-electron chi connectivity index (χ3n) is 16.4. The van der Waals surface area contributed by atoms with Crippen molar-refractivity contribution in [2.75, 3.05) is 40.1 Å². The highest BCUT2D eigenvalue weighted by atomic mass is 16.5. The second-order valence-corrected chi connectivity index (χ2v) is 19.0. The number of rotatable bonds is 8. The van der Waals surface area contributed by atoms with E-state index in [0.717, 1.165) is 32.1 Å². The summed E-state index contributed by atoms with van der Waals surface area (Å²) in [4.78, 5) is 31.2. The summed E-state index contributed by atoms with van der Waals surface area (Å²) in [6.45, 7) is 18.8. The molecule has 0 unspecified atom stereocenters. The van der Waals surface area contributed by atoms with Gasteiger partial charge in [0.05, 0.1) is 37.9 Å². The molecule has 5 fully saturated rings. The molecule has 2 aliphatic heterocycles. The monoisotopic (exact) mass is 709 g/mol. The highest BCUT2D eigenvalue weighted by Gasteiger charge is 2.73. The molecule has 6 aliphatic rings. The van der Waals surface area contributed by atoms with E-state index in [0.29, 0.717) is 58.2 Å². The molecule has 3 saturated carbocycles. The summed E-state index contributed by atoms with van der Waals surface area (Å²) in [6, 6.07) is -0.275. The molecule has 4 aliphatic carbocycles. The second-order valence-electron chi connectivity index (χ2n) is 19.0. The quantitative estimate of drug-likeness (QED) is 0.291. The van der Waals surface area contributed by atoms with Gasteiger partial charge in [-0.1, -0.05) is 60.1 Å². The fourth-order valence-corrected chi connectivity index (χ4v) is 13.0. The predicted molar refractivity (Wildman–Crippen MR) is 193 cm³/mol. The Balaban J connectivity index is 1.38. The zero-order valence-electron chi connectivity index (χ0n) is 32.3. The van der Waals surface area contributed by atoms with Crippen LogP contribution in [0.25, 0.3) is 0 Å². The van der Waals surface area contributed by atoms with Crippen molar-refractivity contribution in [2.45, 2.75) is 118 Å². The number of nitrogens with two attached hydrogens (primary N) is 1. The Morgan fingerprint density at radius 1 is 1.06 bits per heavy atom. The van der Waals surface area contributed by atoms with Crippen molar-refractivity contribution < 1.29 is 28.9 Å². The van der Waals surface area contributed by atoms with Crippen molar-refractivity contribution >= 4 is 11.9 Å². The smallest absolute Gasteiger partial charge is 0.307 e. The first-order chi connectivity index (χ1) is 24.0. The summed E-state index contributed by atoms with van der Waals surface area (Å²) in [5.41, 5.74) is 6.21. The molecule has 0 spiro atoms. The Labute approximate surface area is 304 Å². The largest absolute Gasteiger partial charge is 0.481 e. The van der Waals surface area contributed by atoms with Gasteiger partial charge in [0.1, 0.15) is 6.33 Å². The maximum atomic E-state index is 13.6. The van der Waals surface area contributed by atoms with Crippen LogP contribution < -0.4 is 11.1 Å². The highest BCUT2D eigenvalue weighted by molar-refractivity contribution is 5.90. The maximum Gasteiger partial charge on any atom is 0.307 e. The van der Waals surface area contributed by atoms with Gasteiger partial charge in [0, 0.05) is 31.2 Å². The number of carbonyl (C=O) groups excluding carboxylic acids is 1. The first-order valence-corrected chi connectivity index (χ1v) is 19.6. The third-order valence-corrected chi connectivity index (χ3v) is 16.4. The Hall–Kier alpha value is -2.34. The van der Waals surface area contributed by atoms with E-state index in [4.69, 9.17) is 25.0 Å². The SMILES string of the molecule is CNC(=O)c1ncnn1[C@@H]1C[C@]2(C)COC[C@@]3(C4=CC[C@@]5(C)[C@H](C(=O)O)[C@@](C)([C@H](C)C(C)C)CC[C@]5(C)[C@H]4CC[C@H]23)[C@H]1OCC1(N)CCOCC1. The van der Waals surface area contributed by atoms with Crippen LogP contribution in [0.4, 0.5) is 0 Å². The van der Waals surface area contributed by atoms with Gasteiger partial charge in [0.2, 0.25) is 5.82 Å². The van der Waals surface area contributed by atoms with Gasteiger partial charge < -0.3 is 30.4 Å². The number of carboxylic acid groups (broad SMARTS) is 1. The minimum Gasteiger partial charge on any atom is -0.481 e. The van der Waals surface area contributed by atoms with Crippen LogP contribution >= 0.6 is 0 Å². The Kier molecular flexibility index (Phi) is 9.16. The number of nitrogens with zero attached hydrogens (tertiary/aromatic N) is 3. The van der Waals surface area contributed by atoms with Gasteiger partial charge >= 0.3 is 5.97 Å². The molecule has 7 rings (SSSR count). The molecule has 11 atom stereocenters. The Bertz CT molecular complexity index is 1550. The van der Waals surface area contributed by atoms with Crippen molar-refractivity contribution in [3.63, 3.8) is 0 Å². The fourth-order valence-electron chi connectivity index (χ4n) is 13.0. The lowest BCUT2D eigenvalue weighted by Gasteiger charge is -2.71. The van der Waals surface area contributed by atoms with E-state index in [9.17, 15) is 14.7 Å². The number of hydrogen-bond acceptors (Lipinski definition) is 8. The molecular formula is C40H63N5O6. The number of hydrogen-bond donors (Lipinski definition) is 3. The summed E-state index contributed by atoms with van der Waals surface area (Å²) in [7, 11) is 1.62. The molecule has 2 saturated heterocycles. The number of nitrogens with one attached hydrogen (secondary N) is 1. The normalized spacial score (nSPS) is 43.6. The molecule has 3 heterocycles. The first kappa shape index (κ1) is 37.0. The topological polar surface area (TPSA) is 151 Å². The van der Waals surface area contributed by atoms with E-state index in [2.05, 4.69) is 64.8 Å². The zero-order chi connectivity index (χ0) is 36.8. The van der Waals surface area contributed by atoms with Gasteiger partial charge in [-0.3, -0.25) is 9.59 Å². The van der Waals surface area contributed by atoms with Crippen LogP contribution in [-0.2, 0) is 19.0 Å². The molecule has 284 valence electrons. The molecule has 4 N–H and O–H groups in total. The maximum absolute atomic E-state index is 13.6. The van der Waals surface area contributed by atoms with E-state index in [-0.39, 0.29) is 57.9 Å². The number of amides is 1. The first-order valence-electron chi connectivity index (χ1n) is 19.6. The third kappa shape index (κ3) is 5.24. The fraction of sp³-hybridized carbons (Fsp3) is 0.850. The van der Waals surface area contributed by atoms with Crippen LogP contribution in [0, 0.1) is 56.7 Å². The lowest BCUT2D eigenvalue weighted by Crippen LogP contribution is -2.70. The number of carboxylic acids is 1. The lowest BCUT2D eigenvalue weighted by atomic mass is 9.34. The minimum absolute atomic E-state index is 0.174. The summed E-state index contributed by atoms with van der Waals surface area (Å²) < 4.78 is 21.5. The summed E-state index contributed by atoms with van der Waals surface area (Å²) >= 11 is 0. The predicted octanol–water partition coefficient (Wildman–Crippen LogP) is 5.66. The van der Waals surface area contributed by atoms with Crippen molar-refractivity contribution in [3.05, 3.63) is 23.8 Å². The Morgan fingerprint density at radius 2 is 1.78 bits per heavy atom. The highest BCUT2D eigenvalue weighted by Crippen LogP contribution is 2.75. The minimum atomic E-state index is -0.660. The molecule has 11 nitrogen and oxygen atoms in total. The van der Waals surface area contributed by atoms with Crippen LogP contribution in [0.3, 0.4) is 0 Å². The Morgan fingerprint density at radius 3 is 2.45 bits per heavy atom. The van der Waals surface area contributed by atoms with Crippen molar-refractivity contribution in [3.8, 4) is 0 Å². The van der Waals surface area contributed by atoms with Gasteiger partial charge in [-0.15, -0.1) is 0 Å². The lowest BCUT2D eigenvalue weighted by molar-refractivity contribution is -0.255. The van der Waals surface area contributed by atoms with E-state index in [1.54, 1.807) is 7.05 Å². The molecule has 51 heavy (non-hydrogen) atoms. The number of aliphatic carboxylic acids is 1. The zero-order valence-corrected chi connectivity index (χ0v) is 32.3. The number of fused-ring (bicyclic) bond motifs is 3. The van der Waals surface area contributed by atoms with Crippen molar-refractivity contribution in [2.24, 2.45) is 62.4 Å². The molecular weight excluding hydrogens is 646 g/mol. The van der Waals surface area contributed by atoms with Gasteiger partial charge in [-0.2, -0.15) is 5.10 Å². The van der Waals surface area contributed by atoms with Crippen LogP contribution in [-0.4, -0.2) is 83.5 Å². The van der Waals surface area contributed by atoms with Crippen LogP contribution in [0.5, 0.6) is 0 Å². The van der Waals surface area contributed by atoms with E-state index in [1.807, 2.05) is 4.68 Å². The van der Waals surface area contributed by atoms with Gasteiger partial charge in [-0.25, -0.2) is 9.67 Å². The molecule has 11 heteroatoms. The summed E-state index contributed by atoms with van der Waals surface area (Å²) in [5, 5.41) is 18.6. The number of allylic oxidation sites excluding steroid dienone is 1. The van der Waals surface area contributed by atoms with Crippen LogP contribution in [0.15, 0.2) is 18.0 Å². The average molecular weight is 710 g/mol. The van der Waals surface area contributed by atoms with E-state index < -0.39 is 28.3 Å².